The van der Waals surface area contributed by atoms with Crippen molar-refractivity contribution in [2.75, 3.05) is 30.8 Å². The third-order valence-electron chi connectivity index (χ3n) is 3.53. The minimum absolute atomic E-state index is 0.146. The number of aromatic nitrogens is 1. The van der Waals surface area contributed by atoms with Gasteiger partial charge in [-0.05, 0) is 25.7 Å². The van der Waals surface area contributed by atoms with Crippen LogP contribution < -0.4 is 16.4 Å². The SMILES string of the molecule is CC(C)CNc1nc(N)c(C(=O)NC2(C)CCOCC2)s1. The highest BCUT2D eigenvalue weighted by atomic mass is 32.1. The number of nitrogen functional groups attached to an aromatic ring is 1. The van der Waals surface area contributed by atoms with Crippen LogP contribution in [0.3, 0.4) is 0 Å². The Morgan fingerprint density at radius 1 is 1.48 bits per heavy atom. The summed E-state index contributed by atoms with van der Waals surface area (Å²) < 4.78 is 5.34. The maximum atomic E-state index is 12.4. The summed E-state index contributed by atoms with van der Waals surface area (Å²) in [6, 6.07) is 0. The van der Waals surface area contributed by atoms with Gasteiger partial charge in [-0.15, -0.1) is 0 Å². The summed E-state index contributed by atoms with van der Waals surface area (Å²) in [6.45, 7) is 8.44. The normalized spacial score (nSPS) is 17.7. The van der Waals surface area contributed by atoms with Crippen molar-refractivity contribution in [2.24, 2.45) is 5.92 Å². The van der Waals surface area contributed by atoms with Crippen molar-refractivity contribution in [3.8, 4) is 0 Å². The molecule has 0 bridgehead atoms. The molecule has 1 amide bonds. The van der Waals surface area contributed by atoms with E-state index in [9.17, 15) is 4.79 Å². The average molecular weight is 312 g/mol. The van der Waals surface area contributed by atoms with Crippen LogP contribution in [0.5, 0.6) is 0 Å². The van der Waals surface area contributed by atoms with E-state index >= 15 is 0 Å². The number of hydrogen-bond donors (Lipinski definition) is 3. The molecular formula is C14H24N4O2S. The van der Waals surface area contributed by atoms with E-state index in [0.717, 1.165) is 19.4 Å². The summed E-state index contributed by atoms with van der Waals surface area (Å²) in [4.78, 5) is 17.1. The number of nitrogens with one attached hydrogen (secondary N) is 2. The molecule has 1 aliphatic heterocycles. The summed E-state index contributed by atoms with van der Waals surface area (Å²) >= 11 is 1.31. The van der Waals surface area contributed by atoms with Crippen molar-refractivity contribution in [2.45, 2.75) is 39.2 Å². The number of ether oxygens (including phenoxy) is 1. The first-order valence-electron chi connectivity index (χ1n) is 7.30. The number of carbonyl (C=O) groups is 1. The summed E-state index contributed by atoms with van der Waals surface area (Å²) in [6.07, 6.45) is 1.63. The van der Waals surface area contributed by atoms with Gasteiger partial charge in [-0.25, -0.2) is 4.98 Å². The molecule has 1 saturated heterocycles. The Kier molecular flexibility index (Phi) is 5.05. The molecule has 2 rings (SSSR count). The standard InChI is InChI=1S/C14H24N4O2S/c1-9(2)8-16-13-17-11(15)10(21-13)12(19)18-14(3)4-6-20-7-5-14/h9H,4-8,15H2,1-3H3,(H,16,17)(H,18,19). The van der Waals surface area contributed by atoms with Crippen LogP contribution in [0.1, 0.15) is 43.3 Å². The maximum absolute atomic E-state index is 12.4. The highest BCUT2D eigenvalue weighted by Crippen LogP contribution is 2.27. The molecule has 0 aliphatic carbocycles. The lowest BCUT2D eigenvalue weighted by Crippen LogP contribution is -2.49. The fourth-order valence-electron chi connectivity index (χ4n) is 2.14. The topological polar surface area (TPSA) is 89.3 Å². The number of hydrogen-bond acceptors (Lipinski definition) is 6. The van der Waals surface area contributed by atoms with E-state index in [1.165, 1.54) is 11.3 Å². The van der Waals surface area contributed by atoms with Crippen LogP contribution in [0, 0.1) is 5.92 Å². The van der Waals surface area contributed by atoms with E-state index in [1.54, 1.807) is 0 Å². The Labute approximate surface area is 129 Å². The number of carbonyl (C=O) groups excluding carboxylic acids is 1. The fraction of sp³-hybridized carbons (Fsp3) is 0.714. The summed E-state index contributed by atoms with van der Waals surface area (Å²) in [5, 5.41) is 6.97. The van der Waals surface area contributed by atoms with Crippen LogP contribution >= 0.6 is 11.3 Å². The predicted molar refractivity (Wildman–Crippen MR) is 85.8 cm³/mol. The van der Waals surface area contributed by atoms with E-state index in [1.807, 2.05) is 6.92 Å². The van der Waals surface area contributed by atoms with Gasteiger partial charge in [0.1, 0.15) is 10.7 Å². The van der Waals surface area contributed by atoms with Crippen LogP contribution in [-0.2, 0) is 4.74 Å². The Morgan fingerprint density at radius 3 is 2.76 bits per heavy atom. The maximum Gasteiger partial charge on any atom is 0.265 e. The van der Waals surface area contributed by atoms with Crippen molar-refractivity contribution in [3.05, 3.63) is 4.88 Å². The molecule has 21 heavy (non-hydrogen) atoms. The second kappa shape index (κ2) is 6.62. The minimum Gasteiger partial charge on any atom is -0.382 e. The fourth-order valence-corrected chi connectivity index (χ4v) is 2.93. The van der Waals surface area contributed by atoms with Crippen molar-refractivity contribution in [3.63, 3.8) is 0 Å². The third-order valence-corrected chi connectivity index (χ3v) is 4.56. The Morgan fingerprint density at radius 2 is 2.14 bits per heavy atom. The molecule has 2 heterocycles. The lowest BCUT2D eigenvalue weighted by Gasteiger charge is -2.34. The summed E-state index contributed by atoms with van der Waals surface area (Å²) in [5.74, 6) is 0.653. The monoisotopic (exact) mass is 312 g/mol. The van der Waals surface area contributed by atoms with Gasteiger partial charge in [0, 0.05) is 25.3 Å². The molecule has 7 heteroatoms. The number of nitrogens with zero attached hydrogens (tertiary/aromatic N) is 1. The van der Waals surface area contributed by atoms with Gasteiger partial charge in [0.25, 0.3) is 5.91 Å². The Bertz CT molecular complexity index is 495. The van der Waals surface area contributed by atoms with Gasteiger partial charge in [0.15, 0.2) is 5.13 Å². The predicted octanol–water partition coefficient (Wildman–Crippen LogP) is 2.09. The third kappa shape index (κ3) is 4.31. The minimum atomic E-state index is -0.225. The number of anilines is 2. The van der Waals surface area contributed by atoms with Crippen LogP contribution in [0.2, 0.25) is 0 Å². The summed E-state index contributed by atoms with van der Waals surface area (Å²) in [5.41, 5.74) is 5.65. The molecule has 118 valence electrons. The molecule has 0 atom stereocenters. The smallest absolute Gasteiger partial charge is 0.265 e. The van der Waals surface area contributed by atoms with Crippen molar-refractivity contribution in [1.29, 1.82) is 0 Å². The van der Waals surface area contributed by atoms with Gasteiger partial charge < -0.3 is 21.1 Å². The van der Waals surface area contributed by atoms with Crippen LogP contribution in [0.25, 0.3) is 0 Å². The van der Waals surface area contributed by atoms with Gasteiger partial charge in [0.2, 0.25) is 0 Å². The van der Waals surface area contributed by atoms with Gasteiger partial charge >= 0.3 is 0 Å². The lowest BCUT2D eigenvalue weighted by molar-refractivity contribution is 0.0424. The molecule has 1 aromatic heterocycles. The number of amides is 1. The van der Waals surface area contributed by atoms with E-state index in [-0.39, 0.29) is 11.4 Å². The van der Waals surface area contributed by atoms with Crippen molar-refractivity contribution in [1.82, 2.24) is 10.3 Å². The highest BCUT2D eigenvalue weighted by molar-refractivity contribution is 7.18. The zero-order valence-corrected chi connectivity index (χ0v) is 13.7. The second-order valence-corrected chi connectivity index (χ2v) is 7.13. The molecule has 4 N–H and O–H groups in total. The first kappa shape index (κ1) is 16.0. The number of thiazole rings is 1. The lowest BCUT2D eigenvalue weighted by atomic mass is 9.92. The number of rotatable bonds is 5. The second-order valence-electron chi connectivity index (χ2n) is 6.14. The highest BCUT2D eigenvalue weighted by Gasteiger charge is 2.30. The number of nitrogens with two attached hydrogens (primary N) is 1. The largest absolute Gasteiger partial charge is 0.382 e. The van der Waals surface area contributed by atoms with E-state index in [0.29, 0.717) is 35.0 Å². The van der Waals surface area contributed by atoms with Crippen LogP contribution in [-0.4, -0.2) is 36.2 Å². The molecular weight excluding hydrogens is 288 g/mol. The molecule has 6 nitrogen and oxygen atoms in total. The molecule has 1 fully saturated rings. The van der Waals surface area contributed by atoms with E-state index < -0.39 is 0 Å². The van der Waals surface area contributed by atoms with Gasteiger partial charge in [-0.1, -0.05) is 25.2 Å². The Hall–Kier alpha value is -1.34. The quantitative estimate of drug-likeness (QED) is 0.774. The Balaban J connectivity index is 2.01. The molecule has 0 saturated carbocycles. The zero-order valence-electron chi connectivity index (χ0n) is 12.9. The van der Waals surface area contributed by atoms with Crippen molar-refractivity contribution < 1.29 is 9.53 Å². The molecule has 0 aromatic carbocycles. The van der Waals surface area contributed by atoms with E-state index in [4.69, 9.17) is 10.5 Å². The first-order chi connectivity index (χ1) is 9.89. The molecule has 0 spiro atoms. The van der Waals surface area contributed by atoms with Crippen molar-refractivity contribution >= 4 is 28.2 Å². The zero-order chi connectivity index (χ0) is 15.5. The molecule has 1 aromatic rings. The van der Waals surface area contributed by atoms with Crippen LogP contribution in [0.4, 0.5) is 10.9 Å². The average Bonchev–Trinajstić information content (AvgIpc) is 2.78. The molecule has 1 aliphatic rings. The summed E-state index contributed by atoms with van der Waals surface area (Å²) in [7, 11) is 0. The first-order valence-corrected chi connectivity index (χ1v) is 8.12. The van der Waals surface area contributed by atoms with Gasteiger partial charge in [-0.3, -0.25) is 4.79 Å². The van der Waals surface area contributed by atoms with E-state index in [2.05, 4.69) is 29.5 Å². The molecule has 0 unspecified atom stereocenters. The van der Waals surface area contributed by atoms with Gasteiger partial charge in [0.05, 0.1) is 0 Å². The molecule has 0 radical (unpaired) electrons. The van der Waals surface area contributed by atoms with Crippen LogP contribution in [0.15, 0.2) is 0 Å². The van der Waals surface area contributed by atoms with Gasteiger partial charge in [-0.2, -0.15) is 0 Å².